The molecule has 4 rings (SSSR count). The zero-order valence-electron chi connectivity index (χ0n) is 17.9. The van der Waals surface area contributed by atoms with Crippen molar-refractivity contribution in [3.05, 3.63) is 94.5 Å². The first-order valence-electron chi connectivity index (χ1n) is 10.1. The van der Waals surface area contributed by atoms with Gasteiger partial charge in [-0.3, -0.25) is 4.72 Å². The topological polar surface area (TPSA) is 95.9 Å². The Balaban J connectivity index is 1.73. The summed E-state index contributed by atoms with van der Waals surface area (Å²) in [5.41, 5.74) is 3.61. The summed E-state index contributed by atoms with van der Waals surface area (Å²) in [6.07, 6.45) is 1.45. The van der Waals surface area contributed by atoms with Gasteiger partial charge in [-0.05, 0) is 54.4 Å². The van der Waals surface area contributed by atoms with Gasteiger partial charge in [0.15, 0.2) is 0 Å². The molecule has 33 heavy (non-hydrogen) atoms. The molecule has 7 nitrogen and oxygen atoms in total. The molecule has 1 N–H and O–H groups in total. The van der Waals surface area contributed by atoms with Crippen molar-refractivity contribution in [3.8, 4) is 0 Å². The van der Waals surface area contributed by atoms with Gasteiger partial charge >= 0.3 is 0 Å². The van der Waals surface area contributed by atoms with Crippen molar-refractivity contribution in [2.75, 3.05) is 11.0 Å². The molecule has 0 saturated heterocycles. The molecule has 1 atom stereocenters. The first-order chi connectivity index (χ1) is 15.5. The van der Waals surface area contributed by atoms with E-state index in [4.69, 9.17) is 11.6 Å². The second-order valence-electron chi connectivity index (χ2n) is 7.86. The molecular formula is C23H22ClN3O4S2. The lowest BCUT2D eigenvalue weighted by atomic mass is 9.98. The van der Waals surface area contributed by atoms with Crippen LogP contribution in [0.25, 0.3) is 0 Å². The number of nitrogens with zero attached hydrogens (tertiary/aromatic N) is 2. The summed E-state index contributed by atoms with van der Waals surface area (Å²) in [6, 6.07) is 19.8. The van der Waals surface area contributed by atoms with E-state index in [0.29, 0.717) is 28.4 Å². The molecule has 0 spiro atoms. The highest BCUT2D eigenvalue weighted by atomic mass is 35.5. The molecule has 1 aliphatic rings. The summed E-state index contributed by atoms with van der Waals surface area (Å²) in [7, 11) is -7.34. The van der Waals surface area contributed by atoms with Crippen LogP contribution in [0.1, 0.15) is 29.2 Å². The third kappa shape index (κ3) is 5.21. The maximum Gasteiger partial charge on any atom is 0.279 e. The average Bonchev–Trinajstić information content (AvgIpc) is 3.20. The van der Waals surface area contributed by atoms with Crippen molar-refractivity contribution < 1.29 is 16.8 Å². The van der Waals surface area contributed by atoms with Gasteiger partial charge in [-0.2, -0.15) is 17.9 Å². The lowest BCUT2D eigenvalue weighted by molar-refractivity contribution is 0.371. The third-order valence-electron chi connectivity index (χ3n) is 5.21. The zero-order chi connectivity index (χ0) is 23.8. The molecule has 1 aliphatic heterocycles. The van der Waals surface area contributed by atoms with Gasteiger partial charge in [0.1, 0.15) is 0 Å². The van der Waals surface area contributed by atoms with Crippen molar-refractivity contribution in [3.63, 3.8) is 0 Å². The summed E-state index contributed by atoms with van der Waals surface area (Å²) < 4.78 is 53.4. The SMILES string of the molecule is Cc1ccc([C@@H]2CC(c3ccc(NS(C)(=O)=O)cc3)=NN2S(=O)(=O)c2ccc(Cl)cc2)cc1. The maximum absolute atomic E-state index is 13.5. The molecule has 0 saturated carbocycles. The van der Waals surface area contributed by atoms with Gasteiger partial charge in [0.2, 0.25) is 10.0 Å². The van der Waals surface area contributed by atoms with Crippen molar-refractivity contribution in [1.82, 2.24) is 4.41 Å². The number of benzene rings is 3. The van der Waals surface area contributed by atoms with E-state index in [2.05, 4.69) is 9.82 Å². The number of aryl methyl sites for hydroxylation is 1. The van der Waals surface area contributed by atoms with Crippen molar-refractivity contribution in [1.29, 1.82) is 0 Å². The van der Waals surface area contributed by atoms with Gasteiger partial charge in [-0.1, -0.05) is 53.6 Å². The second kappa shape index (κ2) is 8.81. The number of hydrazone groups is 1. The Morgan fingerprint density at radius 3 is 2.09 bits per heavy atom. The summed E-state index contributed by atoms with van der Waals surface area (Å²) >= 11 is 5.94. The molecule has 0 radical (unpaired) electrons. The molecule has 0 amide bonds. The highest BCUT2D eigenvalue weighted by Crippen LogP contribution is 2.37. The van der Waals surface area contributed by atoms with Crippen molar-refractivity contribution in [2.45, 2.75) is 24.3 Å². The number of halogens is 1. The van der Waals surface area contributed by atoms with Crippen LogP contribution in [0.4, 0.5) is 5.69 Å². The van der Waals surface area contributed by atoms with E-state index in [-0.39, 0.29) is 4.90 Å². The molecule has 0 aliphatic carbocycles. The van der Waals surface area contributed by atoms with Gasteiger partial charge in [0.05, 0.1) is 22.9 Å². The van der Waals surface area contributed by atoms with Crippen LogP contribution < -0.4 is 4.72 Å². The fourth-order valence-corrected chi connectivity index (χ4v) is 5.70. The Hall–Kier alpha value is -2.88. The van der Waals surface area contributed by atoms with Crippen LogP contribution in [-0.2, 0) is 20.0 Å². The summed E-state index contributed by atoms with van der Waals surface area (Å²) in [5, 5.41) is 4.95. The summed E-state index contributed by atoms with van der Waals surface area (Å²) in [5.74, 6) is 0. The second-order valence-corrected chi connectivity index (χ2v) is 11.8. The van der Waals surface area contributed by atoms with Gasteiger partial charge in [-0.15, -0.1) is 0 Å². The number of hydrogen-bond acceptors (Lipinski definition) is 5. The van der Waals surface area contributed by atoms with E-state index in [1.807, 2.05) is 31.2 Å². The number of anilines is 1. The lowest BCUT2D eigenvalue weighted by Crippen LogP contribution is -2.27. The largest absolute Gasteiger partial charge is 0.284 e. The molecule has 3 aromatic carbocycles. The van der Waals surface area contributed by atoms with E-state index in [0.717, 1.165) is 21.8 Å². The Bertz CT molecular complexity index is 1400. The molecule has 172 valence electrons. The Labute approximate surface area is 198 Å². The van der Waals surface area contributed by atoms with Crippen LogP contribution in [0, 0.1) is 6.92 Å². The third-order valence-corrected chi connectivity index (χ3v) is 7.77. The van der Waals surface area contributed by atoms with E-state index >= 15 is 0 Å². The Kier molecular flexibility index (Phi) is 6.22. The minimum atomic E-state index is -3.94. The highest BCUT2D eigenvalue weighted by molar-refractivity contribution is 7.92. The molecular weight excluding hydrogens is 482 g/mol. The first kappa shape index (κ1) is 23.3. The minimum Gasteiger partial charge on any atom is -0.284 e. The fraction of sp³-hybridized carbons (Fsp3) is 0.174. The number of nitrogens with one attached hydrogen (secondary N) is 1. The molecule has 0 unspecified atom stereocenters. The minimum absolute atomic E-state index is 0.0988. The van der Waals surface area contributed by atoms with E-state index in [1.54, 1.807) is 24.3 Å². The molecule has 1 heterocycles. The average molecular weight is 504 g/mol. The molecule has 10 heteroatoms. The number of sulfonamides is 2. The standard InChI is InChI=1S/C23H22ClN3O4S2/c1-16-3-5-18(6-4-16)23-15-22(17-7-11-20(12-8-17)26-32(2,28)29)25-27(23)33(30,31)21-13-9-19(24)10-14-21/h3-14,23,26H,15H2,1-2H3/t23-/m0/s1. The van der Waals surface area contributed by atoms with Crippen LogP contribution in [0.5, 0.6) is 0 Å². The molecule has 0 bridgehead atoms. The van der Waals surface area contributed by atoms with E-state index < -0.39 is 26.1 Å². The van der Waals surface area contributed by atoms with Crippen LogP contribution in [0.15, 0.2) is 82.8 Å². The van der Waals surface area contributed by atoms with E-state index in [1.165, 1.54) is 24.3 Å². The number of rotatable bonds is 6. The van der Waals surface area contributed by atoms with Gasteiger partial charge in [0.25, 0.3) is 10.0 Å². The molecule has 0 aromatic heterocycles. The van der Waals surface area contributed by atoms with Crippen molar-refractivity contribution >= 4 is 43.0 Å². The highest BCUT2D eigenvalue weighted by Gasteiger charge is 2.37. The predicted octanol–water partition coefficient (Wildman–Crippen LogP) is 4.56. The zero-order valence-corrected chi connectivity index (χ0v) is 20.3. The van der Waals surface area contributed by atoms with Gasteiger partial charge in [-0.25, -0.2) is 8.42 Å². The maximum atomic E-state index is 13.5. The lowest BCUT2D eigenvalue weighted by Gasteiger charge is -2.23. The van der Waals surface area contributed by atoms with E-state index in [9.17, 15) is 16.8 Å². The van der Waals surface area contributed by atoms with Gasteiger partial charge in [0, 0.05) is 17.1 Å². The van der Waals surface area contributed by atoms with Crippen LogP contribution >= 0.6 is 11.6 Å². The predicted molar refractivity (Wildman–Crippen MR) is 130 cm³/mol. The molecule has 0 fully saturated rings. The normalized spacial score (nSPS) is 16.5. The summed E-state index contributed by atoms with van der Waals surface area (Å²) in [4.78, 5) is 0.0988. The number of hydrogen-bond donors (Lipinski definition) is 1. The fourth-order valence-electron chi connectivity index (χ4n) is 3.58. The summed E-state index contributed by atoms with van der Waals surface area (Å²) in [6.45, 7) is 1.97. The Morgan fingerprint density at radius 2 is 1.52 bits per heavy atom. The smallest absolute Gasteiger partial charge is 0.279 e. The first-order valence-corrected chi connectivity index (χ1v) is 13.8. The van der Waals surface area contributed by atoms with Gasteiger partial charge < -0.3 is 0 Å². The Morgan fingerprint density at radius 1 is 0.909 bits per heavy atom. The molecule has 3 aromatic rings. The van der Waals surface area contributed by atoms with Crippen LogP contribution in [0.2, 0.25) is 5.02 Å². The van der Waals surface area contributed by atoms with Crippen LogP contribution in [-0.4, -0.2) is 33.2 Å². The monoisotopic (exact) mass is 503 g/mol. The van der Waals surface area contributed by atoms with Crippen LogP contribution in [0.3, 0.4) is 0 Å². The quantitative estimate of drug-likeness (QED) is 0.533. The van der Waals surface area contributed by atoms with Crippen molar-refractivity contribution in [2.24, 2.45) is 5.10 Å².